The zero-order chi connectivity index (χ0) is 13.8. The average molecular weight is 275 g/mol. The minimum atomic E-state index is 1.08. The summed E-state index contributed by atoms with van der Waals surface area (Å²) in [6.45, 7) is 0. The number of nitrogens with zero attached hydrogens (tertiary/aromatic N) is 3. The molecule has 0 unspecified atom stereocenters. The molecule has 2 aromatic rings. The van der Waals surface area contributed by atoms with Crippen molar-refractivity contribution in [3.63, 3.8) is 0 Å². The minimum absolute atomic E-state index is 1.08. The second-order valence-electron chi connectivity index (χ2n) is 6.12. The van der Waals surface area contributed by atoms with Crippen LogP contribution < -0.4 is 0 Å². The number of aliphatic imine (C=N–C) groups is 1. The van der Waals surface area contributed by atoms with Crippen molar-refractivity contribution in [2.24, 2.45) is 4.99 Å². The van der Waals surface area contributed by atoms with Gasteiger partial charge in [-0.3, -0.25) is 9.98 Å². The largest absolute Gasteiger partial charge is 0.311 e. The van der Waals surface area contributed by atoms with Crippen LogP contribution in [-0.2, 0) is 6.42 Å². The number of pyridine rings is 1. The van der Waals surface area contributed by atoms with E-state index in [4.69, 9.17) is 4.99 Å². The van der Waals surface area contributed by atoms with E-state index in [2.05, 4.69) is 27.9 Å². The zero-order valence-corrected chi connectivity index (χ0v) is 12.0. The Bertz CT molecular complexity index is 849. The van der Waals surface area contributed by atoms with E-state index in [0.717, 1.165) is 31.4 Å². The normalized spacial score (nSPS) is 20.1. The summed E-state index contributed by atoms with van der Waals surface area (Å²) in [6, 6.07) is 2.16. The molecule has 0 aromatic carbocycles. The number of allylic oxidation sites excluding steroid dienone is 3. The molecule has 0 spiro atoms. The van der Waals surface area contributed by atoms with Crippen molar-refractivity contribution >= 4 is 28.5 Å². The molecular weight excluding hydrogens is 258 g/mol. The van der Waals surface area contributed by atoms with Gasteiger partial charge in [-0.25, -0.2) is 0 Å². The Morgan fingerprint density at radius 2 is 2.05 bits per heavy atom. The first-order valence-corrected chi connectivity index (χ1v) is 7.88. The van der Waals surface area contributed by atoms with E-state index >= 15 is 0 Å². The number of aromatic nitrogens is 2. The summed E-state index contributed by atoms with van der Waals surface area (Å²) in [5.41, 5.74) is 8.12. The molecule has 0 bridgehead atoms. The van der Waals surface area contributed by atoms with Gasteiger partial charge in [0.15, 0.2) is 0 Å². The molecule has 5 rings (SSSR count). The van der Waals surface area contributed by atoms with E-state index in [1.165, 1.54) is 46.3 Å². The SMILES string of the molecule is C1=NC2=CCCc3c2n(c2ccncc32)C2=C1CCCC2. The third-order valence-electron chi connectivity index (χ3n) is 4.96. The first-order chi connectivity index (χ1) is 10.4. The number of fused-ring (bicyclic) bond motifs is 4. The molecule has 3 aliphatic rings. The molecule has 21 heavy (non-hydrogen) atoms. The van der Waals surface area contributed by atoms with Gasteiger partial charge in [0.2, 0.25) is 0 Å². The summed E-state index contributed by atoms with van der Waals surface area (Å²) in [5, 5.41) is 1.31. The van der Waals surface area contributed by atoms with Crippen molar-refractivity contribution in [3.8, 4) is 0 Å². The fourth-order valence-corrected chi connectivity index (χ4v) is 4.02. The highest BCUT2D eigenvalue weighted by Gasteiger charge is 2.27. The Morgan fingerprint density at radius 1 is 1.10 bits per heavy atom. The van der Waals surface area contributed by atoms with Crippen LogP contribution in [0, 0.1) is 0 Å². The maximum Gasteiger partial charge on any atom is 0.0833 e. The Kier molecular flexibility index (Phi) is 2.28. The van der Waals surface area contributed by atoms with Crippen LogP contribution >= 0.6 is 0 Å². The fraction of sp³-hybridized carbons (Fsp3) is 0.333. The molecular formula is C18H17N3. The van der Waals surface area contributed by atoms with Crippen molar-refractivity contribution < 1.29 is 0 Å². The highest BCUT2D eigenvalue weighted by atomic mass is 15.0. The van der Waals surface area contributed by atoms with Gasteiger partial charge < -0.3 is 4.57 Å². The van der Waals surface area contributed by atoms with Crippen molar-refractivity contribution in [1.82, 2.24) is 9.55 Å². The van der Waals surface area contributed by atoms with Crippen LogP contribution in [-0.4, -0.2) is 15.8 Å². The second-order valence-corrected chi connectivity index (χ2v) is 6.12. The van der Waals surface area contributed by atoms with Crippen molar-refractivity contribution in [1.29, 1.82) is 0 Å². The summed E-state index contributed by atoms with van der Waals surface area (Å²) >= 11 is 0. The molecule has 3 nitrogen and oxygen atoms in total. The molecule has 104 valence electrons. The van der Waals surface area contributed by atoms with E-state index < -0.39 is 0 Å². The Hall–Kier alpha value is -2.16. The van der Waals surface area contributed by atoms with E-state index in [9.17, 15) is 0 Å². The maximum atomic E-state index is 4.81. The van der Waals surface area contributed by atoms with Gasteiger partial charge in [0, 0.05) is 29.7 Å². The van der Waals surface area contributed by atoms with Crippen molar-refractivity contribution in [3.05, 3.63) is 41.4 Å². The van der Waals surface area contributed by atoms with Gasteiger partial charge in [-0.2, -0.15) is 0 Å². The summed E-state index contributed by atoms with van der Waals surface area (Å²) < 4.78 is 2.48. The highest BCUT2D eigenvalue weighted by molar-refractivity contribution is 6.00. The van der Waals surface area contributed by atoms with Crippen LogP contribution in [0.5, 0.6) is 0 Å². The third-order valence-corrected chi connectivity index (χ3v) is 4.96. The van der Waals surface area contributed by atoms with E-state index in [1.807, 2.05) is 12.4 Å². The predicted octanol–water partition coefficient (Wildman–Crippen LogP) is 4.19. The van der Waals surface area contributed by atoms with Crippen LogP contribution in [0.15, 0.2) is 35.1 Å². The summed E-state index contributed by atoms with van der Waals surface area (Å²) in [4.78, 5) is 9.17. The predicted molar refractivity (Wildman–Crippen MR) is 86.2 cm³/mol. The van der Waals surface area contributed by atoms with Gasteiger partial charge >= 0.3 is 0 Å². The minimum Gasteiger partial charge on any atom is -0.311 e. The number of rotatable bonds is 0. The molecule has 0 N–H and O–H groups in total. The van der Waals surface area contributed by atoms with Gasteiger partial charge in [-0.05, 0) is 55.7 Å². The zero-order valence-electron chi connectivity index (χ0n) is 12.0. The Labute approximate surface area is 123 Å². The average Bonchev–Trinajstić information content (AvgIpc) is 2.78. The molecule has 0 atom stereocenters. The topological polar surface area (TPSA) is 30.2 Å². The molecule has 1 aliphatic heterocycles. The Morgan fingerprint density at radius 3 is 3.05 bits per heavy atom. The lowest BCUT2D eigenvalue weighted by Crippen LogP contribution is -2.08. The Balaban J connectivity index is 1.96. The van der Waals surface area contributed by atoms with Gasteiger partial charge in [-0.15, -0.1) is 0 Å². The number of aryl methyl sites for hydroxylation is 1. The summed E-state index contributed by atoms with van der Waals surface area (Å²) in [7, 11) is 0. The standard InChI is InChI=1S/C18H17N3/c1-2-7-16-12(4-1)10-20-15-6-3-5-13-14-11-19-9-8-17(14)21(16)18(13)15/h6,8-11H,1-5,7H2. The van der Waals surface area contributed by atoms with Gasteiger partial charge in [0.25, 0.3) is 0 Å². The molecule has 2 aromatic heterocycles. The van der Waals surface area contributed by atoms with Crippen LogP contribution in [0.4, 0.5) is 0 Å². The lowest BCUT2D eigenvalue weighted by molar-refractivity contribution is 0.709. The van der Waals surface area contributed by atoms with E-state index in [1.54, 1.807) is 0 Å². The maximum absolute atomic E-state index is 4.81. The molecule has 3 heteroatoms. The van der Waals surface area contributed by atoms with Gasteiger partial charge in [0.05, 0.1) is 16.9 Å². The van der Waals surface area contributed by atoms with Gasteiger partial charge in [0.1, 0.15) is 0 Å². The molecule has 0 saturated carbocycles. The van der Waals surface area contributed by atoms with Gasteiger partial charge in [-0.1, -0.05) is 6.08 Å². The highest BCUT2D eigenvalue weighted by Crippen LogP contribution is 2.42. The molecule has 0 radical (unpaired) electrons. The smallest absolute Gasteiger partial charge is 0.0833 e. The first-order valence-electron chi connectivity index (χ1n) is 7.88. The molecule has 2 aliphatic carbocycles. The number of hydrogen-bond donors (Lipinski definition) is 0. The lowest BCUT2D eigenvalue weighted by Gasteiger charge is -2.21. The molecule has 0 fully saturated rings. The molecule has 3 heterocycles. The van der Waals surface area contributed by atoms with Crippen LogP contribution in [0.2, 0.25) is 0 Å². The van der Waals surface area contributed by atoms with E-state index in [0.29, 0.717) is 0 Å². The quantitative estimate of drug-likeness (QED) is 0.709. The fourth-order valence-electron chi connectivity index (χ4n) is 4.02. The summed E-state index contributed by atoms with van der Waals surface area (Å²) in [5.74, 6) is 0. The first kappa shape index (κ1) is 11.5. The second kappa shape index (κ2) is 4.17. The van der Waals surface area contributed by atoms with Crippen molar-refractivity contribution in [2.45, 2.75) is 38.5 Å². The van der Waals surface area contributed by atoms with Crippen LogP contribution in [0.1, 0.15) is 43.4 Å². The third kappa shape index (κ3) is 1.49. The van der Waals surface area contributed by atoms with E-state index in [-0.39, 0.29) is 0 Å². The van der Waals surface area contributed by atoms with Crippen molar-refractivity contribution in [2.75, 3.05) is 0 Å². The molecule has 0 amide bonds. The lowest BCUT2D eigenvalue weighted by atomic mass is 9.96. The number of hydrogen-bond acceptors (Lipinski definition) is 2. The summed E-state index contributed by atoms with van der Waals surface area (Å²) in [6.07, 6.45) is 15.4. The van der Waals surface area contributed by atoms with Crippen LogP contribution in [0.3, 0.4) is 0 Å². The monoisotopic (exact) mass is 275 g/mol. The molecule has 0 saturated heterocycles. The van der Waals surface area contributed by atoms with Crippen LogP contribution in [0.25, 0.3) is 22.3 Å².